The summed E-state index contributed by atoms with van der Waals surface area (Å²) in [5.41, 5.74) is 10.8. The van der Waals surface area contributed by atoms with Crippen LogP contribution in [0.25, 0.3) is 16.7 Å². The van der Waals surface area contributed by atoms with Gasteiger partial charge in [0.1, 0.15) is 5.56 Å². The van der Waals surface area contributed by atoms with E-state index >= 15 is 0 Å². The number of piperazine rings is 1. The molecule has 1 saturated heterocycles. The number of rotatable bonds is 5. The molecule has 0 radical (unpaired) electrons. The maximum atomic E-state index is 13.1. The van der Waals surface area contributed by atoms with E-state index in [9.17, 15) is 9.59 Å². The van der Waals surface area contributed by atoms with Crippen LogP contribution in [-0.4, -0.2) is 45.6 Å². The quantitative estimate of drug-likeness (QED) is 0.378. The number of aromatic nitrogens is 3. The largest absolute Gasteiger partial charge is 0.368 e. The molecule has 2 aromatic heterocycles. The van der Waals surface area contributed by atoms with E-state index in [0.29, 0.717) is 23.7 Å². The van der Waals surface area contributed by atoms with Crippen LogP contribution >= 0.6 is 0 Å². The van der Waals surface area contributed by atoms with Gasteiger partial charge in [-0.2, -0.15) is 4.98 Å². The van der Waals surface area contributed by atoms with Crippen LogP contribution in [0.15, 0.2) is 59.7 Å². The Hall–Kier alpha value is -4.24. The van der Waals surface area contributed by atoms with E-state index in [1.807, 2.05) is 18.2 Å². The number of carbonyl (C=O) groups excluding carboxylic acids is 1. The second-order valence-electron chi connectivity index (χ2n) is 10.4. The molecule has 0 bridgehead atoms. The monoisotopic (exact) mass is 509 g/mol. The first-order valence-corrected chi connectivity index (χ1v) is 13.1. The fourth-order valence-electron chi connectivity index (χ4n) is 5.70. The van der Waals surface area contributed by atoms with Gasteiger partial charge in [-0.1, -0.05) is 12.1 Å². The van der Waals surface area contributed by atoms with Gasteiger partial charge < -0.3 is 25.8 Å². The van der Waals surface area contributed by atoms with Gasteiger partial charge in [0, 0.05) is 54.6 Å². The van der Waals surface area contributed by atoms with E-state index in [0.717, 1.165) is 49.4 Å². The number of nitrogens with zero attached hydrogens (tertiary/aromatic N) is 4. The third-order valence-electron chi connectivity index (χ3n) is 7.39. The molecule has 3 heterocycles. The lowest BCUT2D eigenvalue weighted by molar-refractivity contribution is 0.0999. The summed E-state index contributed by atoms with van der Waals surface area (Å²) in [6.07, 6.45) is 6.15. The number of aryl methyl sites for hydroxylation is 2. The Labute approximate surface area is 220 Å². The predicted molar refractivity (Wildman–Crippen MR) is 150 cm³/mol. The van der Waals surface area contributed by atoms with Crippen molar-refractivity contribution in [3.05, 3.63) is 81.8 Å². The predicted octanol–water partition coefficient (Wildman–Crippen LogP) is 3.30. The average molecular weight is 510 g/mol. The van der Waals surface area contributed by atoms with Gasteiger partial charge in [-0.25, -0.2) is 4.98 Å². The highest BCUT2D eigenvalue weighted by atomic mass is 16.2. The summed E-state index contributed by atoms with van der Waals surface area (Å²) < 4.78 is 1.77. The van der Waals surface area contributed by atoms with Crippen molar-refractivity contribution in [2.24, 2.45) is 5.73 Å². The summed E-state index contributed by atoms with van der Waals surface area (Å²) in [6, 6.07) is 15.2. The molecular weight excluding hydrogens is 478 g/mol. The molecule has 2 aliphatic rings. The van der Waals surface area contributed by atoms with Crippen molar-refractivity contribution in [2.45, 2.75) is 45.2 Å². The first-order valence-electron chi connectivity index (χ1n) is 13.1. The fraction of sp³-hybridized carbons (Fsp3) is 0.310. The van der Waals surface area contributed by atoms with Gasteiger partial charge in [0.2, 0.25) is 11.4 Å². The third kappa shape index (κ3) is 4.50. The molecule has 38 heavy (non-hydrogen) atoms. The highest BCUT2D eigenvalue weighted by Crippen LogP contribution is 2.27. The normalized spacial score (nSPS) is 18.9. The zero-order chi connectivity index (χ0) is 26.4. The summed E-state index contributed by atoms with van der Waals surface area (Å²) in [6.45, 7) is 6.24. The van der Waals surface area contributed by atoms with E-state index in [1.54, 1.807) is 4.57 Å². The summed E-state index contributed by atoms with van der Waals surface area (Å²) in [5, 5.41) is 7.11. The number of nitrogens with two attached hydrogens (primary N) is 1. The molecule has 2 unspecified atom stereocenters. The van der Waals surface area contributed by atoms with Crippen molar-refractivity contribution in [1.82, 2.24) is 19.9 Å². The Morgan fingerprint density at radius 3 is 2.63 bits per heavy atom. The minimum atomic E-state index is -0.776. The van der Waals surface area contributed by atoms with Crippen molar-refractivity contribution in [3.63, 3.8) is 0 Å². The van der Waals surface area contributed by atoms with Gasteiger partial charge in [-0.15, -0.1) is 0 Å². The number of anilines is 3. The molecule has 1 aliphatic heterocycles. The minimum Gasteiger partial charge on any atom is -0.368 e. The van der Waals surface area contributed by atoms with Gasteiger partial charge in [-0.05, 0) is 74.6 Å². The first-order chi connectivity index (χ1) is 18.4. The summed E-state index contributed by atoms with van der Waals surface area (Å²) in [7, 11) is 0. The molecule has 1 aliphatic carbocycles. The third-order valence-corrected chi connectivity index (χ3v) is 7.39. The average Bonchev–Trinajstić information content (AvgIpc) is 3.36. The number of nitrogens with one attached hydrogen (secondary N) is 2. The minimum absolute atomic E-state index is 0.0884. The van der Waals surface area contributed by atoms with Crippen LogP contribution < -0.4 is 26.7 Å². The molecule has 2 atom stereocenters. The summed E-state index contributed by atoms with van der Waals surface area (Å²) in [5.74, 6) is -0.416. The Kier molecular flexibility index (Phi) is 6.07. The topological polar surface area (TPSA) is 118 Å². The number of carbonyl (C=O) groups is 1. The number of benzene rings is 2. The molecular formula is C29H31N7O2. The lowest BCUT2D eigenvalue weighted by Gasteiger charge is -2.37. The maximum Gasteiger partial charge on any atom is 0.254 e. The van der Waals surface area contributed by atoms with E-state index < -0.39 is 11.3 Å². The molecule has 4 aromatic rings. The summed E-state index contributed by atoms with van der Waals surface area (Å²) in [4.78, 5) is 36.7. The molecule has 0 saturated carbocycles. The van der Waals surface area contributed by atoms with Crippen LogP contribution in [0.4, 0.5) is 17.3 Å². The highest BCUT2D eigenvalue weighted by Gasteiger charge is 2.22. The van der Waals surface area contributed by atoms with Crippen molar-refractivity contribution in [1.29, 1.82) is 0 Å². The van der Waals surface area contributed by atoms with Crippen LogP contribution in [0.2, 0.25) is 0 Å². The van der Waals surface area contributed by atoms with Gasteiger partial charge in [0.25, 0.3) is 5.91 Å². The summed E-state index contributed by atoms with van der Waals surface area (Å²) >= 11 is 0. The number of pyridine rings is 1. The van der Waals surface area contributed by atoms with Crippen molar-refractivity contribution in [3.8, 4) is 5.69 Å². The Balaban J connectivity index is 1.40. The van der Waals surface area contributed by atoms with Crippen molar-refractivity contribution in [2.75, 3.05) is 23.3 Å². The molecule has 1 amide bonds. The lowest BCUT2D eigenvalue weighted by Crippen LogP contribution is -2.54. The van der Waals surface area contributed by atoms with Crippen molar-refractivity contribution < 1.29 is 4.79 Å². The molecule has 9 nitrogen and oxygen atoms in total. The Morgan fingerprint density at radius 1 is 1.05 bits per heavy atom. The molecule has 0 spiro atoms. The number of amides is 1. The number of primary amides is 1. The van der Waals surface area contributed by atoms with Gasteiger partial charge in [0.05, 0.1) is 5.39 Å². The smallest absolute Gasteiger partial charge is 0.254 e. The van der Waals surface area contributed by atoms with Crippen LogP contribution in [0.3, 0.4) is 0 Å². The zero-order valence-corrected chi connectivity index (χ0v) is 21.6. The molecule has 194 valence electrons. The first kappa shape index (κ1) is 24.1. The number of fused-ring (bicyclic) bond motifs is 2. The highest BCUT2D eigenvalue weighted by molar-refractivity contribution is 5.96. The Morgan fingerprint density at radius 2 is 1.84 bits per heavy atom. The van der Waals surface area contributed by atoms with Gasteiger partial charge in [0.15, 0.2) is 5.65 Å². The van der Waals surface area contributed by atoms with Gasteiger partial charge >= 0.3 is 0 Å². The standard InChI is InChI=1S/C29H31N7O2/c1-17-14-35(15-18(2)32-17)22-8-4-7-21(12-22)33-29-31-13-24-26(37)25(27(30)38)16-36(28(24)34-29)23-10-9-19-5-3-6-20(19)11-23/h4,7-13,16-18,32H,3,5-6,14-15H2,1-2H3,(H2,30,38)(H,31,33,34). The zero-order valence-electron chi connectivity index (χ0n) is 21.6. The van der Waals surface area contributed by atoms with Crippen LogP contribution in [0, 0.1) is 0 Å². The maximum absolute atomic E-state index is 13.1. The lowest BCUT2D eigenvalue weighted by atomic mass is 10.1. The van der Waals surface area contributed by atoms with Crippen LogP contribution in [0.5, 0.6) is 0 Å². The van der Waals surface area contributed by atoms with E-state index in [2.05, 4.69) is 58.6 Å². The molecule has 9 heteroatoms. The molecule has 4 N–H and O–H groups in total. The van der Waals surface area contributed by atoms with E-state index in [4.69, 9.17) is 10.7 Å². The molecule has 6 rings (SSSR count). The van der Waals surface area contributed by atoms with Crippen LogP contribution in [-0.2, 0) is 12.8 Å². The van der Waals surface area contributed by atoms with E-state index in [-0.39, 0.29) is 10.9 Å². The Bertz CT molecular complexity index is 1600. The SMILES string of the molecule is CC1CN(c2cccc(Nc3ncc4c(=O)c(C(N)=O)cn(-c5ccc6c(c5)CCC6)c4n3)c2)CC(C)N1. The second kappa shape index (κ2) is 9.57. The molecule has 1 fully saturated rings. The number of hydrogen-bond acceptors (Lipinski definition) is 7. The molecule has 2 aromatic carbocycles. The second-order valence-corrected chi connectivity index (χ2v) is 10.4. The van der Waals surface area contributed by atoms with E-state index in [1.165, 1.54) is 23.5 Å². The number of hydrogen-bond donors (Lipinski definition) is 3. The van der Waals surface area contributed by atoms with Crippen LogP contribution in [0.1, 0.15) is 41.8 Å². The van der Waals surface area contributed by atoms with Crippen molar-refractivity contribution >= 4 is 34.3 Å². The van der Waals surface area contributed by atoms with Gasteiger partial charge in [-0.3, -0.25) is 9.59 Å². The fourth-order valence-corrected chi connectivity index (χ4v) is 5.70.